The SMILES string of the molecule is O=C(CC(C(=O)O)N1C(=O)CCC1=O)OCCO. The molecule has 0 radical (unpaired) electrons. The van der Waals surface area contributed by atoms with E-state index in [0.717, 1.165) is 0 Å². The number of imide groups is 1. The number of rotatable bonds is 6. The van der Waals surface area contributed by atoms with Crippen molar-refractivity contribution in [1.82, 2.24) is 4.90 Å². The molecule has 0 spiro atoms. The molecular formula is C10H13NO7. The Kier molecular flexibility index (Phi) is 4.78. The highest BCUT2D eigenvalue weighted by atomic mass is 16.5. The van der Waals surface area contributed by atoms with Crippen molar-refractivity contribution in [2.45, 2.75) is 25.3 Å². The Morgan fingerprint density at radius 2 is 1.83 bits per heavy atom. The molecule has 0 aromatic carbocycles. The number of hydrogen-bond acceptors (Lipinski definition) is 6. The fraction of sp³-hybridized carbons (Fsp3) is 0.600. The summed E-state index contributed by atoms with van der Waals surface area (Å²) in [5.41, 5.74) is 0. The molecule has 1 heterocycles. The smallest absolute Gasteiger partial charge is 0.327 e. The summed E-state index contributed by atoms with van der Waals surface area (Å²) in [4.78, 5) is 45.6. The van der Waals surface area contributed by atoms with Gasteiger partial charge in [0.1, 0.15) is 12.6 Å². The number of esters is 1. The minimum Gasteiger partial charge on any atom is -0.480 e. The van der Waals surface area contributed by atoms with Gasteiger partial charge in [-0.15, -0.1) is 0 Å². The second-order valence-electron chi connectivity index (χ2n) is 3.66. The molecule has 0 aromatic rings. The van der Waals surface area contributed by atoms with Crippen molar-refractivity contribution in [2.24, 2.45) is 0 Å². The van der Waals surface area contributed by atoms with E-state index in [1.807, 2.05) is 0 Å². The minimum absolute atomic E-state index is 0.0473. The maximum atomic E-state index is 11.4. The lowest BCUT2D eigenvalue weighted by molar-refractivity contribution is -0.159. The molecule has 1 saturated heterocycles. The Labute approximate surface area is 102 Å². The highest BCUT2D eigenvalue weighted by Crippen LogP contribution is 2.18. The Hall–Kier alpha value is -1.96. The van der Waals surface area contributed by atoms with Crippen LogP contribution in [0.25, 0.3) is 0 Å². The average molecular weight is 259 g/mol. The van der Waals surface area contributed by atoms with E-state index >= 15 is 0 Å². The first-order chi connectivity index (χ1) is 8.47. The largest absolute Gasteiger partial charge is 0.480 e. The molecule has 1 atom stereocenters. The number of carboxylic acids is 1. The van der Waals surface area contributed by atoms with Crippen LogP contribution in [0.4, 0.5) is 0 Å². The molecule has 0 saturated carbocycles. The summed E-state index contributed by atoms with van der Waals surface area (Å²) in [5.74, 6) is -3.55. The maximum Gasteiger partial charge on any atom is 0.327 e. The predicted octanol–water partition coefficient (Wildman–Crippen LogP) is -1.49. The molecule has 0 aromatic heterocycles. The summed E-state index contributed by atoms with van der Waals surface area (Å²) in [5, 5.41) is 17.4. The van der Waals surface area contributed by atoms with Gasteiger partial charge in [-0.1, -0.05) is 0 Å². The summed E-state index contributed by atoms with van der Waals surface area (Å²) >= 11 is 0. The highest BCUT2D eigenvalue weighted by molar-refractivity contribution is 6.05. The Morgan fingerprint density at radius 1 is 1.28 bits per heavy atom. The van der Waals surface area contributed by atoms with E-state index in [2.05, 4.69) is 4.74 Å². The standard InChI is InChI=1S/C10H13NO7/c12-3-4-18-9(15)5-6(10(16)17)11-7(13)1-2-8(11)14/h6,12H,1-5H2,(H,16,17). The van der Waals surface area contributed by atoms with E-state index in [1.165, 1.54) is 0 Å². The van der Waals surface area contributed by atoms with Crippen LogP contribution in [0.1, 0.15) is 19.3 Å². The van der Waals surface area contributed by atoms with E-state index in [0.29, 0.717) is 4.90 Å². The molecule has 1 aliphatic rings. The molecule has 0 bridgehead atoms. The van der Waals surface area contributed by atoms with Gasteiger partial charge in [0, 0.05) is 12.8 Å². The third-order valence-corrected chi connectivity index (χ3v) is 2.40. The number of carboxylic acid groups (broad SMARTS) is 1. The van der Waals surface area contributed by atoms with Crippen LogP contribution >= 0.6 is 0 Å². The molecule has 8 nitrogen and oxygen atoms in total. The Balaban J connectivity index is 2.71. The van der Waals surface area contributed by atoms with Crippen molar-refractivity contribution in [3.63, 3.8) is 0 Å². The zero-order chi connectivity index (χ0) is 13.7. The van der Waals surface area contributed by atoms with Crippen molar-refractivity contribution in [2.75, 3.05) is 13.2 Å². The summed E-state index contributed by atoms with van der Waals surface area (Å²) in [6.45, 7) is -0.641. The van der Waals surface area contributed by atoms with Crippen LogP contribution in [-0.2, 0) is 23.9 Å². The molecule has 1 unspecified atom stereocenters. The molecule has 2 N–H and O–H groups in total. The molecular weight excluding hydrogens is 246 g/mol. The number of carbonyl (C=O) groups excluding carboxylic acids is 3. The molecule has 1 rings (SSSR count). The predicted molar refractivity (Wildman–Crippen MR) is 55.2 cm³/mol. The van der Waals surface area contributed by atoms with Crippen molar-refractivity contribution >= 4 is 23.8 Å². The number of ether oxygens (including phenoxy) is 1. The van der Waals surface area contributed by atoms with Crippen LogP contribution in [-0.4, -0.2) is 58.1 Å². The molecule has 18 heavy (non-hydrogen) atoms. The number of carbonyl (C=O) groups is 4. The van der Waals surface area contributed by atoms with Crippen LogP contribution in [0.5, 0.6) is 0 Å². The normalized spacial score (nSPS) is 16.8. The van der Waals surface area contributed by atoms with Gasteiger partial charge in [-0.05, 0) is 0 Å². The lowest BCUT2D eigenvalue weighted by Crippen LogP contribution is -2.45. The van der Waals surface area contributed by atoms with Crippen LogP contribution in [0, 0.1) is 0 Å². The summed E-state index contributed by atoms with van der Waals surface area (Å²) in [6.07, 6.45) is -0.713. The highest BCUT2D eigenvalue weighted by Gasteiger charge is 2.40. The van der Waals surface area contributed by atoms with E-state index in [1.54, 1.807) is 0 Å². The first-order valence-electron chi connectivity index (χ1n) is 5.31. The number of amides is 2. The fourth-order valence-electron chi connectivity index (χ4n) is 1.61. The third kappa shape index (κ3) is 3.27. The van der Waals surface area contributed by atoms with Crippen LogP contribution in [0.15, 0.2) is 0 Å². The summed E-state index contributed by atoms with van der Waals surface area (Å²) in [7, 11) is 0. The first kappa shape index (κ1) is 14.1. The molecule has 100 valence electrons. The molecule has 8 heteroatoms. The molecule has 0 aliphatic carbocycles. The minimum atomic E-state index is -1.54. The number of likely N-dealkylation sites (tertiary alicyclic amines) is 1. The van der Waals surface area contributed by atoms with Crippen molar-refractivity contribution in [3.05, 3.63) is 0 Å². The molecule has 1 fully saturated rings. The second-order valence-corrected chi connectivity index (χ2v) is 3.66. The average Bonchev–Trinajstić information content (AvgIpc) is 2.63. The van der Waals surface area contributed by atoms with Gasteiger partial charge in [0.05, 0.1) is 13.0 Å². The number of aliphatic hydroxyl groups is 1. The quantitative estimate of drug-likeness (QED) is 0.440. The van der Waals surface area contributed by atoms with Gasteiger partial charge in [0.25, 0.3) is 0 Å². The number of hydrogen-bond donors (Lipinski definition) is 2. The van der Waals surface area contributed by atoms with Gasteiger partial charge in [-0.3, -0.25) is 19.3 Å². The molecule has 2 amide bonds. The van der Waals surface area contributed by atoms with Crippen molar-refractivity contribution < 1.29 is 34.1 Å². The Bertz CT molecular complexity index is 362. The first-order valence-corrected chi connectivity index (χ1v) is 5.31. The lowest BCUT2D eigenvalue weighted by atomic mass is 10.2. The van der Waals surface area contributed by atoms with Crippen LogP contribution in [0.2, 0.25) is 0 Å². The van der Waals surface area contributed by atoms with E-state index < -0.39 is 36.2 Å². The number of aliphatic carboxylic acids is 1. The van der Waals surface area contributed by atoms with Gasteiger partial charge >= 0.3 is 11.9 Å². The van der Waals surface area contributed by atoms with Crippen molar-refractivity contribution in [3.8, 4) is 0 Å². The second kappa shape index (κ2) is 6.10. The topological polar surface area (TPSA) is 121 Å². The van der Waals surface area contributed by atoms with Gasteiger partial charge in [0.2, 0.25) is 11.8 Å². The monoisotopic (exact) mass is 259 g/mol. The maximum absolute atomic E-state index is 11.4. The van der Waals surface area contributed by atoms with Crippen LogP contribution in [0.3, 0.4) is 0 Å². The van der Waals surface area contributed by atoms with Gasteiger partial charge in [-0.2, -0.15) is 0 Å². The van der Waals surface area contributed by atoms with Gasteiger partial charge in [-0.25, -0.2) is 4.79 Å². The zero-order valence-corrected chi connectivity index (χ0v) is 9.50. The Morgan fingerprint density at radius 3 is 2.28 bits per heavy atom. The number of aliphatic hydroxyl groups excluding tert-OH is 1. The van der Waals surface area contributed by atoms with E-state index in [9.17, 15) is 19.2 Å². The lowest BCUT2D eigenvalue weighted by Gasteiger charge is -2.21. The van der Waals surface area contributed by atoms with Gasteiger partial charge < -0.3 is 14.9 Å². The van der Waals surface area contributed by atoms with E-state index in [4.69, 9.17) is 10.2 Å². The fourth-order valence-corrected chi connectivity index (χ4v) is 1.61. The van der Waals surface area contributed by atoms with E-state index in [-0.39, 0.29) is 26.1 Å². The summed E-state index contributed by atoms with van der Waals surface area (Å²) < 4.78 is 4.50. The zero-order valence-electron chi connectivity index (χ0n) is 9.50. The van der Waals surface area contributed by atoms with Crippen molar-refractivity contribution in [1.29, 1.82) is 0 Å². The molecule has 1 aliphatic heterocycles. The van der Waals surface area contributed by atoms with Crippen LogP contribution < -0.4 is 0 Å². The van der Waals surface area contributed by atoms with Gasteiger partial charge in [0.15, 0.2) is 0 Å². The third-order valence-electron chi connectivity index (χ3n) is 2.40. The summed E-state index contributed by atoms with van der Waals surface area (Å²) in [6, 6.07) is -1.54. The number of nitrogens with zero attached hydrogens (tertiary/aromatic N) is 1.